The monoisotopic (exact) mass is 278 g/mol. The predicted molar refractivity (Wildman–Crippen MR) is 78.2 cm³/mol. The molecule has 2 aromatic rings. The minimum Gasteiger partial charge on any atom is -0.490 e. The van der Waals surface area contributed by atoms with E-state index in [-0.39, 0.29) is 17.4 Å². The molecule has 0 aromatic heterocycles. The zero-order valence-electron chi connectivity index (χ0n) is 12.0. The highest BCUT2D eigenvalue weighted by Crippen LogP contribution is 2.27. The van der Waals surface area contributed by atoms with Crippen molar-refractivity contribution in [2.45, 2.75) is 39.5 Å². The van der Waals surface area contributed by atoms with Crippen LogP contribution in [0.15, 0.2) is 24.3 Å². The molecule has 0 aliphatic carbocycles. The van der Waals surface area contributed by atoms with Crippen LogP contribution < -0.4 is 4.74 Å². The summed E-state index contributed by atoms with van der Waals surface area (Å²) in [6, 6.07) is 6.06. The topological polar surface area (TPSA) is 9.23 Å². The number of hydrogen-bond donors (Lipinski definition) is 0. The van der Waals surface area contributed by atoms with E-state index in [1.165, 1.54) is 12.1 Å². The van der Waals surface area contributed by atoms with E-state index in [4.69, 9.17) is 4.74 Å². The summed E-state index contributed by atoms with van der Waals surface area (Å²) >= 11 is 0. The largest absolute Gasteiger partial charge is 0.490 e. The van der Waals surface area contributed by atoms with Crippen LogP contribution in [0.1, 0.15) is 38.2 Å². The van der Waals surface area contributed by atoms with E-state index < -0.39 is 0 Å². The molecule has 0 amide bonds. The van der Waals surface area contributed by atoms with Crippen molar-refractivity contribution in [1.82, 2.24) is 0 Å². The van der Waals surface area contributed by atoms with Crippen molar-refractivity contribution in [3.63, 3.8) is 0 Å². The first-order chi connectivity index (χ1) is 9.61. The molecule has 108 valence electrons. The average molecular weight is 278 g/mol. The molecular formula is C17H20F2O. The van der Waals surface area contributed by atoms with E-state index in [9.17, 15) is 8.78 Å². The van der Waals surface area contributed by atoms with Crippen LogP contribution in [0.3, 0.4) is 0 Å². The standard InChI is InChI=1S/C17H20F2O/c1-3-4-5-6-7-20-17-11-14-9-15(18)12(2)8-13(14)10-16(17)19/h8-11H,3-7H2,1-2H3. The number of unbranched alkanes of at least 4 members (excludes halogenated alkanes) is 3. The van der Waals surface area contributed by atoms with Crippen molar-refractivity contribution in [1.29, 1.82) is 0 Å². The summed E-state index contributed by atoms with van der Waals surface area (Å²) in [6.07, 6.45) is 4.31. The lowest BCUT2D eigenvalue weighted by molar-refractivity contribution is 0.291. The summed E-state index contributed by atoms with van der Waals surface area (Å²) in [7, 11) is 0. The quantitative estimate of drug-likeness (QED) is 0.644. The Kier molecular flexibility index (Phi) is 4.94. The average Bonchev–Trinajstić information content (AvgIpc) is 2.41. The van der Waals surface area contributed by atoms with Gasteiger partial charge in [-0.15, -0.1) is 0 Å². The minimum atomic E-state index is -0.390. The maximum absolute atomic E-state index is 13.9. The van der Waals surface area contributed by atoms with Gasteiger partial charge in [-0.2, -0.15) is 0 Å². The van der Waals surface area contributed by atoms with Crippen LogP contribution in [0.5, 0.6) is 5.75 Å². The van der Waals surface area contributed by atoms with Gasteiger partial charge >= 0.3 is 0 Å². The Morgan fingerprint density at radius 2 is 1.60 bits per heavy atom. The third kappa shape index (κ3) is 3.47. The summed E-state index contributed by atoms with van der Waals surface area (Å²) in [5.74, 6) is -0.464. The molecule has 0 saturated heterocycles. The van der Waals surface area contributed by atoms with E-state index in [2.05, 4.69) is 6.92 Å². The van der Waals surface area contributed by atoms with Crippen molar-refractivity contribution in [3.8, 4) is 5.75 Å². The third-order valence-corrected chi connectivity index (χ3v) is 3.42. The van der Waals surface area contributed by atoms with Crippen molar-refractivity contribution >= 4 is 10.8 Å². The van der Waals surface area contributed by atoms with Crippen LogP contribution in [0.4, 0.5) is 8.78 Å². The van der Waals surface area contributed by atoms with Gasteiger partial charge in [0.25, 0.3) is 0 Å². The third-order valence-electron chi connectivity index (χ3n) is 3.42. The Balaban J connectivity index is 2.13. The van der Waals surface area contributed by atoms with Crippen molar-refractivity contribution in [2.75, 3.05) is 6.61 Å². The maximum atomic E-state index is 13.9. The number of aryl methyl sites for hydroxylation is 1. The molecule has 0 bridgehead atoms. The lowest BCUT2D eigenvalue weighted by Crippen LogP contribution is -1.99. The maximum Gasteiger partial charge on any atom is 0.165 e. The van der Waals surface area contributed by atoms with Crippen LogP contribution in [-0.4, -0.2) is 6.61 Å². The number of benzene rings is 2. The molecule has 0 heterocycles. The molecule has 1 nitrogen and oxygen atoms in total. The van der Waals surface area contributed by atoms with Gasteiger partial charge in [0.05, 0.1) is 6.61 Å². The van der Waals surface area contributed by atoms with Crippen molar-refractivity contribution in [2.24, 2.45) is 0 Å². The molecule has 0 fully saturated rings. The van der Waals surface area contributed by atoms with Crippen molar-refractivity contribution < 1.29 is 13.5 Å². The van der Waals surface area contributed by atoms with Crippen LogP contribution in [0, 0.1) is 18.6 Å². The Morgan fingerprint density at radius 3 is 2.35 bits per heavy atom. The van der Waals surface area contributed by atoms with Gasteiger partial charge in [-0.25, -0.2) is 8.78 Å². The lowest BCUT2D eigenvalue weighted by atomic mass is 10.1. The molecule has 2 aromatic carbocycles. The molecular weight excluding hydrogens is 258 g/mol. The normalized spacial score (nSPS) is 11.0. The number of hydrogen-bond acceptors (Lipinski definition) is 1. The molecule has 0 radical (unpaired) electrons. The van der Waals surface area contributed by atoms with Gasteiger partial charge in [-0.1, -0.05) is 26.2 Å². The summed E-state index contributed by atoms with van der Waals surface area (Å²) in [5, 5.41) is 1.36. The summed E-state index contributed by atoms with van der Waals surface area (Å²) < 4.78 is 32.9. The van der Waals surface area contributed by atoms with E-state index in [1.54, 1.807) is 19.1 Å². The fraction of sp³-hybridized carbons (Fsp3) is 0.412. The molecule has 3 heteroatoms. The van der Waals surface area contributed by atoms with Gasteiger partial charge in [0, 0.05) is 0 Å². The molecule has 0 unspecified atom stereocenters. The first-order valence-electron chi connectivity index (χ1n) is 7.14. The summed E-state index contributed by atoms with van der Waals surface area (Å²) in [4.78, 5) is 0. The SMILES string of the molecule is CCCCCCOc1cc2cc(F)c(C)cc2cc1F. The Labute approximate surface area is 118 Å². The highest BCUT2D eigenvalue weighted by atomic mass is 19.1. The second-order valence-corrected chi connectivity index (χ2v) is 5.14. The first-order valence-corrected chi connectivity index (χ1v) is 7.14. The van der Waals surface area contributed by atoms with Gasteiger partial charge in [0.1, 0.15) is 5.82 Å². The number of rotatable bonds is 6. The number of fused-ring (bicyclic) bond motifs is 1. The predicted octanol–water partition coefficient (Wildman–Crippen LogP) is 5.39. The smallest absolute Gasteiger partial charge is 0.165 e. The number of halogens is 2. The second-order valence-electron chi connectivity index (χ2n) is 5.14. The first kappa shape index (κ1) is 14.8. The van der Waals surface area contributed by atoms with Gasteiger partial charge in [0.15, 0.2) is 11.6 Å². The van der Waals surface area contributed by atoms with Gasteiger partial charge < -0.3 is 4.74 Å². The molecule has 0 spiro atoms. The second kappa shape index (κ2) is 6.69. The fourth-order valence-corrected chi connectivity index (χ4v) is 2.21. The zero-order chi connectivity index (χ0) is 14.5. The van der Waals surface area contributed by atoms with E-state index >= 15 is 0 Å². The van der Waals surface area contributed by atoms with Crippen molar-refractivity contribution in [3.05, 3.63) is 41.5 Å². The number of ether oxygens (including phenoxy) is 1. The van der Waals surface area contributed by atoms with Crippen LogP contribution in [-0.2, 0) is 0 Å². The van der Waals surface area contributed by atoms with Gasteiger partial charge in [0.2, 0.25) is 0 Å². The highest BCUT2D eigenvalue weighted by Gasteiger charge is 2.08. The minimum absolute atomic E-state index is 0.206. The molecule has 2 rings (SSSR count). The Morgan fingerprint density at radius 1 is 0.900 bits per heavy atom. The van der Waals surface area contributed by atoms with Gasteiger partial charge in [-0.3, -0.25) is 0 Å². The lowest BCUT2D eigenvalue weighted by Gasteiger charge is -2.09. The van der Waals surface area contributed by atoms with E-state index in [1.807, 2.05) is 0 Å². The van der Waals surface area contributed by atoms with Crippen LogP contribution >= 0.6 is 0 Å². The highest BCUT2D eigenvalue weighted by molar-refractivity contribution is 5.84. The van der Waals surface area contributed by atoms with Crippen LogP contribution in [0.25, 0.3) is 10.8 Å². The van der Waals surface area contributed by atoms with Gasteiger partial charge in [-0.05, 0) is 53.9 Å². The Bertz CT molecular complexity index is 593. The summed E-state index contributed by atoms with van der Waals surface area (Å²) in [6.45, 7) is 4.31. The summed E-state index contributed by atoms with van der Waals surface area (Å²) in [5.41, 5.74) is 0.519. The molecule has 0 saturated carbocycles. The molecule has 20 heavy (non-hydrogen) atoms. The molecule has 0 aliphatic heterocycles. The zero-order valence-corrected chi connectivity index (χ0v) is 12.0. The molecule has 0 atom stereocenters. The fourth-order valence-electron chi connectivity index (χ4n) is 2.21. The molecule has 0 N–H and O–H groups in total. The van der Waals surface area contributed by atoms with E-state index in [0.29, 0.717) is 22.9 Å². The Hall–Kier alpha value is -1.64. The van der Waals surface area contributed by atoms with Crippen LogP contribution in [0.2, 0.25) is 0 Å². The van der Waals surface area contributed by atoms with E-state index in [0.717, 1.165) is 25.7 Å². The molecule has 0 aliphatic rings.